The molecule has 134 valence electrons. The third kappa shape index (κ3) is 5.02. The van der Waals surface area contributed by atoms with Gasteiger partial charge in [0.15, 0.2) is 11.5 Å². The normalized spacial score (nSPS) is 10.7. The number of benzene rings is 2. The van der Waals surface area contributed by atoms with Crippen LogP contribution in [0.5, 0.6) is 17.2 Å². The van der Waals surface area contributed by atoms with Crippen LogP contribution in [0.1, 0.15) is 18.9 Å². The fourth-order valence-electron chi connectivity index (χ4n) is 2.16. The quantitative estimate of drug-likeness (QED) is 0.450. The molecule has 1 amide bonds. The van der Waals surface area contributed by atoms with Gasteiger partial charge in [0.1, 0.15) is 17.4 Å². The number of anilines is 1. The number of carbonyl (C=O) groups excluding carboxylic acids is 1. The fourth-order valence-corrected chi connectivity index (χ4v) is 2.16. The molecule has 0 bridgehead atoms. The molecule has 0 spiro atoms. The zero-order chi connectivity index (χ0) is 18.9. The van der Waals surface area contributed by atoms with E-state index in [1.807, 2.05) is 13.0 Å². The van der Waals surface area contributed by atoms with Gasteiger partial charge in [0.2, 0.25) is 0 Å². The summed E-state index contributed by atoms with van der Waals surface area (Å²) in [7, 11) is 1.53. The molecule has 6 heteroatoms. The summed E-state index contributed by atoms with van der Waals surface area (Å²) in [6.45, 7) is 2.58. The van der Waals surface area contributed by atoms with Gasteiger partial charge in [-0.05, 0) is 54.5 Å². The Hall–Kier alpha value is -3.46. The lowest BCUT2D eigenvalue weighted by molar-refractivity contribution is -0.112. The summed E-state index contributed by atoms with van der Waals surface area (Å²) in [6, 6.07) is 13.1. The van der Waals surface area contributed by atoms with Gasteiger partial charge in [-0.3, -0.25) is 4.79 Å². The van der Waals surface area contributed by atoms with Crippen molar-refractivity contribution in [2.24, 2.45) is 0 Å². The second-order valence-corrected chi connectivity index (χ2v) is 5.43. The van der Waals surface area contributed by atoms with Crippen molar-refractivity contribution >= 4 is 17.7 Å². The maximum atomic E-state index is 12.3. The molecule has 0 saturated heterocycles. The average molecular weight is 352 g/mol. The van der Waals surface area contributed by atoms with Crippen molar-refractivity contribution in [3.05, 3.63) is 53.6 Å². The number of phenols is 1. The first-order valence-electron chi connectivity index (χ1n) is 8.10. The standard InChI is InChI=1S/C20H20N2O4/c1-3-10-26-18-9-4-14(12-19(18)25-2)11-15(13-21)20(24)22-16-5-7-17(23)8-6-16/h4-9,11-12,23H,3,10H2,1-2H3,(H,22,24). The summed E-state index contributed by atoms with van der Waals surface area (Å²) in [6.07, 6.45) is 2.35. The van der Waals surface area contributed by atoms with Gasteiger partial charge in [-0.25, -0.2) is 0 Å². The lowest BCUT2D eigenvalue weighted by atomic mass is 10.1. The molecule has 0 saturated carbocycles. The maximum absolute atomic E-state index is 12.3. The summed E-state index contributed by atoms with van der Waals surface area (Å²) < 4.78 is 10.9. The van der Waals surface area contributed by atoms with Gasteiger partial charge in [-0.2, -0.15) is 5.26 Å². The predicted molar refractivity (Wildman–Crippen MR) is 99.1 cm³/mol. The number of nitrogens with one attached hydrogen (secondary N) is 1. The lowest BCUT2D eigenvalue weighted by Gasteiger charge is -2.10. The highest BCUT2D eigenvalue weighted by Gasteiger charge is 2.11. The molecule has 0 unspecified atom stereocenters. The topological polar surface area (TPSA) is 91.6 Å². The number of carbonyl (C=O) groups is 1. The minimum absolute atomic E-state index is 0.0534. The minimum Gasteiger partial charge on any atom is -0.508 e. The fraction of sp³-hybridized carbons (Fsp3) is 0.200. The van der Waals surface area contributed by atoms with Crippen molar-refractivity contribution < 1.29 is 19.4 Å². The number of amides is 1. The molecule has 2 N–H and O–H groups in total. The number of nitriles is 1. The van der Waals surface area contributed by atoms with Crippen LogP contribution < -0.4 is 14.8 Å². The van der Waals surface area contributed by atoms with Gasteiger partial charge in [0, 0.05) is 5.69 Å². The van der Waals surface area contributed by atoms with Gasteiger partial charge in [0.05, 0.1) is 13.7 Å². The first-order valence-corrected chi connectivity index (χ1v) is 8.10. The molecule has 0 heterocycles. The molecule has 2 aromatic rings. The van der Waals surface area contributed by atoms with Gasteiger partial charge in [-0.1, -0.05) is 13.0 Å². The van der Waals surface area contributed by atoms with E-state index in [1.165, 1.54) is 25.3 Å². The molecule has 26 heavy (non-hydrogen) atoms. The van der Waals surface area contributed by atoms with Crippen LogP contribution in [0.15, 0.2) is 48.0 Å². The first-order chi connectivity index (χ1) is 12.6. The molecule has 0 aromatic heterocycles. The Morgan fingerprint density at radius 1 is 1.23 bits per heavy atom. The van der Waals surface area contributed by atoms with E-state index in [4.69, 9.17) is 9.47 Å². The Kier molecular flexibility index (Phi) is 6.63. The summed E-state index contributed by atoms with van der Waals surface area (Å²) in [5.41, 5.74) is 1.07. The Labute approximate surface area is 152 Å². The van der Waals surface area contributed by atoms with Crippen LogP contribution in [0.2, 0.25) is 0 Å². The first kappa shape index (κ1) is 18.9. The number of hydrogen-bond acceptors (Lipinski definition) is 5. The summed E-state index contributed by atoms with van der Waals surface area (Å²) >= 11 is 0. The predicted octanol–water partition coefficient (Wildman–Crippen LogP) is 3.74. The van der Waals surface area contributed by atoms with E-state index in [0.29, 0.717) is 29.4 Å². The number of aromatic hydroxyl groups is 1. The largest absolute Gasteiger partial charge is 0.508 e. The number of hydrogen-bond donors (Lipinski definition) is 2. The monoisotopic (exact) mass is 352 g/mol. The molecule has 2 aromatic carbocycles. The van der Waals surface area contributed by atoms with Crippen LogP contribution in [0.25, 0.3) is 6.08 Å². The molecule has 0 aliphatic heterocycles. The number of nitrogens with zero attached hydrogens (tertiary/aromatic N) is 1. The van der Waals surface area contributed by atoms with E-state index in [2.05, 4.69) is 5.32 Å². The number of methoxy groups -OCH3 is 1. The highest BCUT2D eigenvalue weighted by Crippen LogP contribution is 2.29. The summed E-state index contributed by atoms with van der Waals surface area (Å²) in [5, 5.41) is 21.2. The molecule has 0 aliphatic rings. The van der Waals surface area contributed by atoms with Crippen LogP contribution in [0, 0.1) is 11.3 Å². The maximum Gasteiger partial charge on any atom is 0.266 e. The van der Waals surface area contributed by atoms with Crippen molar-refractivity contribution in [3.63, 3.8) is 0 Å². The van der Waals surface area contributed by atoms with E-state index in [1.54, 1.807) is 30.3 Å². The van der Waals surface area contributed by atoms with Crippen LogP contribution in [-0.2, 0) is 4.79 Å². The lowest BCUT2D eigenvalue weighted by Crippen LogP contribution is -2.13. The molecule has 6 nitrogen and oxygen atoms in total. The third-order valence-corrected chi connectivity index (χ3v) is 3.45. The molecule has 0 aliphatic carbocycles. The van der Waals surface area contributed by atoms with Crippen molar-refractivity contribution in [1.82, 2.24) is 0 Å². The SMILES string of the molecule is CCCOc1ccc(C=C(C#N)C(=O)Nc2ccc(O)cc2)cc1OC. The Morgan fingerprint density at radius 3 is 2.58 bits per heavy atom. The zero-order valence-electron chi connectivity index (χ0n) is 14.7. The van der Waals surface area contributed by atoms with E-state index in [0.717, 1.165) is 6.42 Å². The van der Waals surface area contributed by atoms with E-state index in [-0.39, 0.29) is 11.3 Å². The second-order valence-electron chi connectivity index (χ2n) is 5.43. The van der Waals surface area contributed by atoms with E-state index >= 15 is 0 Å². The average Bonchev–Trinajstić information content (AvgIpc) is 2.66. The third-order valence-electron chi connectivity index (χ3n) is 3.45. The molecule has 2 rings (SSSR count). The number of ether oxygens (including phenoxy) is 2. The smallest absolute Gasteiger partial charge is 0.266 e. The highest BCUT2D eigenvalue weighted by molar-refractivity contribution is 6.09. The number of rotatable bonds is 7. The van der Waals surface area contributed by atoms with Gasteiger partial charge >= 0.3 is 0 Å². The van der Waals surface area contributed by atoms with Crippen molar-refractivity contribution in [2.45, 2.75) is 13.3 Å². The number of phenolic OH excluding ortho intramolecular Hbond substituents is 1. The van der Waals surface area contributed by atoms with Gasteiger partial charge in [-0.15, -0.1) is 0 Å². The highest BCUT2D eigenvalue weighted by atomic mass is 16.5. The van der Waals surface area contributed by atoms with Gasteiger partial charge in [0.25, 0.3) is 5.91 Å². The Morgan fingerprint density at radius 2 is 1.96 bits per heavy atom. The van der Waals surface area contributed by atoms with E-state index < -0.39 is 5.91 Å². The molecule has 0 atom stereocenters. The Bertz CT molecular complexity index is 836. The van der Waals surface area contributed by atoms with Crippen molar-refractivity contribution in [1.29, 1.82) is 5.26 Å². The second kappa shape index (κ2) is 9.14. The summed E-state index contributed by atoms with van der Waals surface area (Å²) in [4.78, 5) is 12.3. The molecule has 0 radical (unpaired) electrons. The zero-order valence-corrected chi connectivity index (χ0v) is 14.7. The Balaban J connectivity index is 2.20. The van der Waals surface area contributed by atoms with Crippen molar-refractivity contribution in [2.75, 3.05) is 19.0 Å². The van der Waals surface area contributed by atoms with Crippen LogP contribution in [-0.4, -0.2) is 24.7 Å². The van der Waals surface area contributed by atoms with Gasteiger partial charge < -0.3 is 19.9 Å². The summed E-state index contributed by atoms with van der Waals surface area (Å²) in [5.74, 6) is 0.696. The van der Waals surface area contributed by atoms with Crippen molar-refractivity contribution in [3.8, 4) is 23.3 Å². The van der Waals surface area contributed by atoms with E-state index in [9.17, 15) is 15.2 Å². The van der Waals surface area contributed by atoms with Crippen LogP contribution in [0.3, 0.4) is 0 Å². The molecular formula is C20H20N2O4. The minimum atomic E-state index is -0.538. The van der Waals surface area contributed by atoms with Crippen LogP contribution in [0.4, 0.5) is 5.69 Å². The molecular weight excluding hydrogens is 332 g/mol. The van der Waals surface area contributed by atoms with Crippen LogP contribution >= 0.6 is 0 Å². The molecule has 0 fully saturated rings.